The number of aromatic amines is 1. The number of hydrogen-bond acceptors (Lipinski definition) is 4. The zero-order chi connectivity index (χ0) is 14.8. The molecule has 2 aromatic rings. The van der Waals surface area contributed by atoms with Gasteiger partial charge < -0.3 is 9.88 Å². The molecule has 1 N–H and O–H groups in total. The normalized spacial score (nSPS) is 16.4. The molecule has 3 rings (SSSR count). The molecule has 0 unspecified atom stereocenters. The molecule has 2 aromatic heterocycles. The molecule has 0 saturated carbocycles. The predicted octanol–water partition coefficient (Wildman–Crippen LogP) is 2.43. The van der Waals surface area contributed by atoms with Crippen molar-refractivity contribution in [3.8, 4) is 0 Å². The lowest BCUT2D eigenvalue weighted by atomic mass is 9.94. The molecule has 21 heavy (non-hydrogen) atoms. The number of imidazole rings is 1. The lowest BCUT2D eigenvalue weighted by Crippen LogP contribution is -2.39. The van der Waals surface area contributed by atoms with Crippen LogP contribution in [-0.2, 0) is 11.2 Å². The minimum absolute atomic E-state index is 0.200. The number of likely N-dealkylation sites (tertiary alicyclic amines) is 1. The first kappa shape index (κ1) is 14.3. The summed E-state index contributed by atoms with van der Waals surface area (Å²) in [4.78, 5) is 27.2. The fourth-order valence-electron chi connectivity index (χ4n) is 2.92. The maximum absolute atomic E-state index is 12.4. The number of rotatable bonds is 3. The van der Waals surface area contributed by atoms with E-state index in [4.69, 9.17) is 0 Å². The molecule has 0 aliphatic carbocycles. The van der Waals surface area contributed by atoms with Crippen molar-refractivity contribution in [3.63, 3.8) is 0 Å². The third-order valence-electron chi connectivity index (χ3n) is 4.13. The molecular weight excluding hydrogens is 284 g/mol. The van der Waals surface area contributed by atoms with E-state index < -0.39 is 0 Å². The second kappa shape index (κ2) is 5.97. The first-order chi connectivity index (χ1) is 10.1. The quantitative estimate of drug-likeness (QED) is 0.947. The Labute approximate surface area is 128 Å². The molecular formula is C15H20N4OS. The third kappa shape index (κ3) is 3.15. The van der Waals surface area contributed by atoms with Crippen molar-refractivity contribution in [1.82, 2.24) is 19.9 Å². The third-order valence-corrected chi connectivity index (χ3v) is 5.05. The van der Waals surface area contributed by atoms with Crippen LogP contribution in [0.3, 0.4) is 0 Å². The van der Waals surface area contributed by atoms with Crippen molar-refractivity contribution < 1.29 is 4.79 Å². The first-order valence-electron chi connectivity index (χ1n) is 7.32. The molecule has 1 amide bonds. The molecule has 1 saturated heterocycles. The summed E-state index contributed by atoms with van der Waals surface area (Å²) in [7, 11) is 0. The number of aryl methyl sites for hydroxylation is 2. The number of nitrogens with one attached hydrogen (secondary N) is 1. The van der Waals surface area contributed by atoms with E-state index in [0.29, 0.717) is 12.3 Å². The average Bonchev–Trinajstić information content (AvgIpc) is 3.10. The maximum Gasteiger partial charge on any atom is 0.228 e. The number of carbonyl (C=O) groups is 1. The zero-order valence-electron chi connectivity index (χ0n) is 12.4. The summed E-state index contributed by atoms with van der Waals surface area (Å²) < 4.78 is 0. The van der Waals surface area contributed by atoms with Crippen LogP contribution in [0, 0.1) is 13.8 Å². The van der Waals surface area contributed by atoms with Gasteiger partial charge in [0.05, 0.1) is 23.4 Å². The molecule has 1 aliphatic rings. The van der Waals surface area contributed by atoms with Gasteiger partial charge in [-0.05, 0) is 26.7 Å². The van der Waals surface area contributed by atoms with E-state index in [0.717, 1.165) is 41.5 Å². The maximum atomic E-state index is 12.4. The molecule has 0 bridgehead atoms. The molecule has 0 aromatic carbocycles. The number of thiazole rings is 1. The van der Waals surface area contributed by atoms with Crippen LogP contribution in [0.15, 0.2) is 12.5 Å². The van der Waals surface area contributed by atoms with E-state index in [9.17, 15) is 4.79 Å². The number of hydrogen-bond donors (Lipinski definition) is 1. The van der Waals surface area contributed by atoms with Gasteiger partial charge in [0.25, 0.3) is 0 Å². The largest absolute Gasteiger partial charge is 0.348 e. The van der Waals surface area contributed by atoms with Gasteiger partial charge in [-0.15, -0.1) is 11.3 Å². The Morgan fingerprint density at radius 2 is 2.19 bits per heavy atom. The van der Waals surface area contributed by atoms with Crippen LogP contribution in [-0.4, -0.2) is 38.8 Å². The van der Waals surface area contributed by atoms with Crippen molar-refractivity contribution >= 4 is 17.2 Å². The highest BCUT2D eigenvalue weighted by Gasteiger charge is 2.25. The smallest absolute Gasteiger partial charge is 0.228 e. The fourth-order valence-corrected chi connectivity index (χ4v) is 3.76. The summed E-state index contributed by atoms with van der Waals surface area (Å²) in [5.41, 5.74) is 2.13. The first-order valence-corrected chi connectivity index (χ1v) is 8.14. The van der Waals surface area contributed by atoms with E-state index in [1.54, 1.807) is 17.7 Å². The molecule has 0 radical (unpaired) electrons. The van der Waals surface area contributed by atoms with Gasteiger partial charge in [0, 0.05) is 35.8 Å². The van der Waals surface area contributed by atoms with Gasteiger partial charge in [-0.25, -0.2) is 9.97 Å². The summed E-state index contributed by atoms with van der Waals surface area (Å²) >= 11 is 1.66. The van der Waals surface area contributed by atoms with E-state index in [2.05, 4.69) is 15.0 Å². The average molecular weight is 304 g/mol. The Morgan fingerprint density at radius 3 is 2.76 bits per heavy atom. The van der Waals surface area contributed by atoms with Crippen LogP contribution < -0.4 is 0 Å². The van der Waals surface area contributed by atoms with Gasteiger partial charge in [0.15, 0.2) is 0 Å². The molecule has 5 nitrogen and oxygen atoms in total. The minimum atomic E-state index is 0.200. The molecule has 6 heteroatoms. The second-order valence-corrected chi connectivity index (χ2v) is 6.98. The Bertz CT molecular complexity index is 612. The van der Waals surface area contributed by atoms with Gasteiger partial charge in [-0.2, -0.15) is 0 Å². The van der Waals surface area contributed by atoms with Crippen LogP contribution in [0.1, 0.15) is 40.0 Å². The monoisotopic (exact) mass is 304 g/mol. The predicted molar refractivity (Wildman–Crippen MR) is 82.4 cm³/mol. The Morgan fingerprint density at radius 1 is 1.43 bits per heavy atom. The van der Waals surface area contributed by atoms with Crippen molar-refractivity contribution in [2.24, 2.45) is 0 Å². The molecule has 0 spiro atoms. The summed E-state index contributed by atoms with van der Waals surface area (Å²) in [6, 6.07) is 0. The van der Waals surface area contributed by atoms with Gasteiger partial charge in [0.1, 0.15) is 0 Å². The molecule has 3 heterocycles. The van der Waals surface area contributed by atoms with E-state index in [-0.39, 0.29) is 5.91 Å². The number of H-pyrrole nitrogens is 1. The fraction of sp³-hybridized carbons (Fsp3) is 0.533. The lowest BCUT2D eigenvalue weighted by molar-refractivity contribution is -0.131. The SMILES string of the molecule is Cc1nc(CC(=O)N2CCC(c3cnc[nH]3)CC2)c(C)s1. The topological polar surface area (TPSA) is 61.9 Å². The Hall–Kier alpha value is -1.69. The second-order valence-electron chi connectivity index (χ2n) is 5.57. The molecule has 1 fully saturated rings. The highest BCUT2D eigenvalue weighted by atomic mass is 32.1. The van der Waals surface area contributed by atoms with E-state index >= 15 is 0 Å². The lowest BCUT2D eigenvalue weighted by Gasteiger charge is -2.31. The van der Waals surface area contributed by atoms with Crippen LogP contribution in [0.25, 0.3) is 0 Å². The molecule has 0 atom stereocenters. The van der Waals surface area contributed by atoms with E-state index in [1.165, 1.54) is 5.69 Å². The summed E-state index contributed by atoms with van der Waals surface area (Å²) in [6.07, 6.45) is 6.06. The van der Waals surface area contributed by atoms with Gasteiger partial charge in [-0.3, -0.25) is 4.79 Å². The van der Waals surface area contributed by atoms with Crippen molar-refractivity contribution in [1.29, 1.82) is 0 Å². The summed E-state index contributed by atoms with van der Waals surface area (Å²) in [6.45, 7) is 5.68. The number of amides is 1. The Kier molecular flexibility index (Phi) is 4.05. The number of nitrogens with zero attached hydrogens (tertiary/aromatic N) is 3. The highest BCUT2D eigenvalue weighted by Crippen LogP contribution is 2.26. The standard InChI is InChI=1S/C15H20N4OS/c1-10-13(18-11(2)21-10)7-15(20)19-5-3-12(4-6-19)14-8-16-9-17-14/h8-9,12H,3-7H2,1-2H3,(H,16,17). The van der Waals surface area contributed by atoms with Crippen LogP contribution in [0.4, 0.5) is 0 Å². The van der Waals surface area contributed by atoms with Crippen molar-refractivity contribution in [2.75, 3.05) is 13.1 Å². The van der Waals surface area contributed by atoms with Crippen LogP contribution in [0.2, 0.25) is 0 Å². The van der Waals surface area contributed by atoms with Crippen molar-refractivity contribution in [3.05, 3.63) is 33.8 Å². The van der Waals surface area contributed by atoms with Gasteiger partial charge >= 0.3 is 0 Å². The van der Waals surface area contributed by atoms with E-state index in [1.807, 2.05) is 24.9 Å². The highest BCUT2D eigenvalue weighted by molar-refractivity contribution is 7.11. The summed E-state index contributed by atoms with van der Waals surface area (Å²) in [5.74, 6) is 0.700. The number of piperidine rings is 1. The summed E-state index contributed by atoms with van der Waals surface area (Å²) in [5, 5.41) is 1.04. The van der Waals surface area contributed by atoms with Gasteiger partial charge in [0.2, 0.25) is 5.91 Å². The van der Waals surface area contributed by atoms with Crippen LogP contribution in [0.5, 0.6) is 0 Å². The zero-order valence-corrected chi connectivity index (χ0v) is 13.2. The molecule has 112 valence electrons. The van der Waals surface area contributed by atoms with Crippen molar-refractivity contribution in [2.45, 2.75) is 39.0 Å². The number of carbonyl (C=O) groups excluding carboxylic acids is 1. The number of aromatic nitrogens is 3. The minimum Gasteiger partial charge on any atom is -0.348 e. The molecule has 1 aliphatic heterocycles. The van der Waals surface area contributed by atoms with Gasteiger partial charge in [-0.1, -0.05) is 0 Å². The Balaban J connectivity index is 1.56. The van der Waals surface area contributed by atoms with Crippen LogP contribution >= 0.6 is 11.3 Å².